The van der Waals surface area contributed by atoms with Crippen molar-refractivity contribution in [2.24, 2.45) is 0 Å². The predicted molar refractivity (Wildman–Crippen MR) is 108 cm³/mol. The zero-order chi connectivity index (χ0) is 19.8. The van der Waals surface area contributed by atoms with Crippen LogP contribution in [-0.2, 0) is 11.3 Å². The first-order valence-corrected chi connectivity index (χ1v) is 9.10. The van der Waals surface area contributed by atoms with Crippen molar-refractivity contribution in [2.45, 2.75) is 19.5 Å². The maximum Gasteiger partial charge on any atom is 0.251 e. The number of carbonyl (C=O) groups excluding carboxylic acids is 2. The van der Waals surface area contributed by atoms with Crippen LogP contribution in [-0.4, -0.2) is 18.4 Å². The van der Waals surface area contributed by atoms with Crippen LogP contribution in [0.15, 0.2) is 77.4 Å². The van der Waals surface area contributed by atoms with Crippen LogP contribution in [0.2, 0.25) is 0 Å². The van der Waals surface area contributed by atoms with Crippen LogP contribution in [0, 0.1) is 0 Å². The topological polar surface area (TPSA) is 83.4 Å². The molecule has 0 spiro atoms. The molecular formula is C22H23N3O3. The summed E-state index contributed by atoms with van der Waals surface area (Å²) in [5, 5.41) is 8.79. The lowest BCUT2D eigenvalue weighted by atomic mass is 10.1. The minimum atomic E-state index is -0.201. The molecule has 2 aromatic carbocycles. The number of nitrogens with one attached hydrogen (secondary N) is 3. The largest absolute Gasteiger partial charge is 0.467 e. The van der Waals surface area contributed by atoms with Crippen LogP contribution < -0.4 is 16.0 Å². The van der Waals surface area contributed by atoms with Crippen molar-refractivity contribution in [3.8, 4) is 0 Å². The minimum Gasteiger partial charge on any atom is -0.467 e. The van der Waals surface area contributed by atoms with Gasteiger partial charge in [0.2, 0.25) is 5.91 Å². The molecule has 1 atom stereocenters. The van der Waals surface area contributed by atoms with Gasteiger partial charge in [-0.2, -0.15) is 0 Å². The second-order valence-electron chi connectivity index (χ2n) is 6.40. The highest BCUT2D eigenvalue weighted by molar-refractivity contribution is 5.96. The molecule has 0 fully saturated rings. The van der Waals surface area contributed by atoms with E-state index >= 15 is 0 Å². The summed E-state index contributed by atoms with van der Waals surface area (Å²) in [6.07, 6.45) is 1.56. The van der Waals surface area contributed by atoms with Crippen LogP contribution in [0.25, 0.3) is 0 Å². The number of benzene rings is 2. The number of rotatable bonds is 8. The lowest BCUT2D eigenvalue weighted by Gasteiger charge is -2.14. The third-order valence-electron chi connectivity index (χ3n) is 4.30. The van der Waals surface area contributed by atoms with Crippen LogP contribution in [0.4, 0.5) is 5.69 Å². The van der Waals surface area contributed by atoms with Crippen molar-refractivity contribution in [3.05, 3.63) is 89.9 Å². The van der Waals surface area contributed by atoms with E-state index in [0.717, 1.165) is 5.56 Å². The van der Waals surface area contributed by atoms with Gasteiger partial charge in [0.1, 0.15) is 5.76 Å². The van der Waals surface area contributed by atoms with E-state index in [0.29, 0.717) is 23.6 Å². The fourth-order valence-electron chi connectivity index (χ4n) is 2.70. The van der Waals surface area contributed by atoms with Gasteiger partial charge in [-0.1, -0.05) is 30.3 Å². The van der Waals surface area contributed by atoms with Gasteiger partial charge in [0.15, 0.2) is 0 Å². The molecule has 0 aliphatic rings. The van der Waals surface area contributed by atoms with Gasteiger partial charge in [-0.15, -0.1) is 0 Å². The van der Waals surface area contributed by atoms with Gasteiger partial charge in [0, 0.05) is 17.3 Å². The van der Waals surface area contributed by atoms with Gasteiger partial charge in [0.25, 0.3) is 5.91 Å². The summed E-state index contributed by atoms with van der Waals surface area (Å²) in [7, 11) is 0. The molecule has 0 saturated heterocycles. The van der Waals surface area contributed by atoms with Crippen molar-refractivity contribution >= 4 is 17.5 Å². The molecule has 144 valence electrons. The molecule has 0 saturated carbocycles. The second-order valence-corrected chi connectivity index (χ2v) is 6.40. The number of anilines is 1. The van der Waals surface area contributed by atoms with Gasteiger partial charge in [-0.05, 0) is 48.9 Å². The summed E-state index contributed by atoms with van der Waals surface area (Å²) in [6, 6.07) is 20.4. The SMILES string of the molecule is CC(NCC(=O)Nc1ccc(C(=O)NCc2ccco2)cc1)c1ccccc1. The third-order valence-corrected chi connectivity index (χ3v) is 4.30. The van der Waals surface area contributed by atoms with E-state index in [1.165, 1.54) is 0 Å². The molecule has 0 aliphatic carbocycles. The Labute approximate surface area is 164 Å². The molecule has 1 unspecified atom stereocenters. The molecule has 1 aromatic heterocycles. The van der Waals surface area contributed by atoms with E-state index in [2.05, 4.69) is 16.0 Å². The summed E-state index contributed by atoms with van der Waals surface area (Å²) in [5.74, 6) is 0.347. The highest BCUT2D eigenvalue weighted by atomic mass is 16.3. The zero-order valence-electron chi connectivity index (χ0n) is 15.6. The fourth-order valence-corrected chi connectivity index (χ4v) is 2.70. The lowest BCUT2D eigenvalue weighted by Crippen LogP contribution is -2.30. The molecule has 3 aromatic rings. The molecule has 3 rings (SSSR count). The van der Waals surface area contributed by atoms with Gasteiger partial charge >= 0.3 is 0 Å². The smallest absolute Gasteiger partial charge is 0.251 e. The number of hydrogen-bond donors (Lipinski definition) is 3. The van der Waals surface area contributed by atoms with E-state index in [1.807, 2.05) is 37.3 Å². The second kappa shape index (κ2) is 9.53. The summed E-state index contributed by atoms with van der Waals surface area (Å²) >= 11 is 0. The Hall–Kier alpha value is -3.38. The third kappa shape index (κ3) is 5.56. The Morgan fingerprint density at radius 1 is 0.964 bits per heavy atom. The number of furan rings is 1. The Morgan fingerprint density at radius 2 is 1.71 bits per heavy atom. The van der Waals surface area contributed by atoms with E-state index in [4.69, 9.17) is 4.42 Å². The van der Waals surface area contributed by atoms with Crippen LogP contribution >= 0.6 is 0 Å². The van der Waals surface area contributed by atoms with E-state index in [9.17, 15) is 9.59 Å². The summed E-state index contributed by atoms with van der Waals surface area (Å²) in [6.45, 7) is 2.54. The molecule has 2 amide bonds. The standard InChI is InChI=1S/C22H23N3O3/c1-16(17-6-3-2-4-7-17)23-15-21(26)25-19-11-9-18(10-12-19)22(27)24-14-20-8-5-13-28-20/h2-13,16,23H,14-15H2,1H3,(H,24,27)(H,25,26). The Kier molecular flexibility index (Phi) is 6.59. The Morgan fingerprint density at radius 3 is 2.39 bits per heavy atom. The molecule has 0 bridgehead atoms. The zero-order valence-corrected chi connectivity index (χ0v) is 15.6. The van der Waals surface area contributed by atoms with E-state index in [-0.39, 0.29) is 24.4 Å². The minimum absolute atomic E-state index is 0.0761. The first kappa shape index (κ1) is 19.4. The van der Waals surface area contributed by atoms with Crippen molar-refractivity contribution in [1.82, 2.24) is 10.6 Å². The van der Waals surface area contributed by atoms with Crippen LogP contribution in [0.5, 0.6) is 0 Å². The summed E-state index contributed by atoms with van der Waals surface area (Å²) in [5.41, 5.74) is 2.28. The van der Waals surface area contributed by atoms with Gasteiger partial charge in [-0.25, -0.2) is 0 Å². The van der Waals surface area contributed by atoms with Crippen molar-refractivity contribution < 1.29 is 14.0 Å². The molecule has 3 N–H and O–H groups in total. The highest BCUT2D eigenvalue weighted by Gasteiger charge is 2.09. The fraction of sp³-hybridized carbons (Fsp3) is 0.182. The van der Waals surface area contributed by atoms with Crippen molar-refractivity contribution in [2.75, 3.05) is 11.9 Å². The number of amides is 2. The number of hydrogen-bond acceptors (Lipinski definition) is 4. The molecule has 0 radical (unpaired) electrons. The first-order chi connectivity index (χ1) is 13.6. The predicted octanol–water partition coefficient (Wildman–Crippen LogP) is 3.50. The van der Waals surface area contributed by atoms with Gasteiger partial charge in [0.05, 0.1) is 19.4 Å². The average molecular weight is 377 g/mol. The van der Waals surface area contributed by atoms with Crippen LogP contribution in [0.1, 0.15) is 34.6 Å². The first-order valence-electron chi connectivity index (χ1n) is 9.10. The molecule has 0 aliphatic heterocycles. The average Bonchev–Trinajstić information content (AvgIpc) is 3.25. The summed E-state index contributed by atoms with van der Waals surface area (Å²) in [4.78, 5) is 24.3. The van der Waals surface area contributed by atoms with Gasteiger partial charge < -0.3 is 20.4 Å². The highest BCUT2D eigenvalue weighted by Crippen LogP contribution is 2.12. The van der Waals surface area contributed by atoms with Crippen molar-refractivity contribution in [1.29, 1.82) is 0 Å². The maximum atomic E-state index is 12.1. The Balaban J connectivity index is 1.45. The molecule has 28 heavy (non-hydrogen) atoms. The van der Waals surface area contributed by atoms with Crippen LogP contribution in [0.3, 0.4) is 0 Å². The molecular weight excluding hydrogens is 354 g/mol. The normalized spacial score (nSPS) is 11.6. The van der Waals surface area contributed by atoms with Crippen molar-refractivity contribution in [3.63, 3.8) is 0 Å². The monoisotopic (exact) mass is 377 g/mol. The lowest BCUT2D eigenvalue weighted by molar-refractivity contribution is -0.115. The molecule has 1 heterocycles. The van der Waals surface area contributed by atoms with Gasteiger partial charge in [-0.3, -0.25) is 9.59 Å². The molecule has 6 nitrogen and oxygen atoms in total. The molecule has 6 heteroatoms. The summed E-state index contributed by atoms with van der Waals surface area (Å²) < 4.78 is 5.18. The maximum absolute atomic E-state index is 12.1. The van der Waals surface area contributed by atoms with E-state index in [1.54, 1.807) is 42.7 Å². The van der Waals surface area contributed by atoms with E-state index < -0.39 is 0 Å². The number of carbonyl (C=O) groups is 2. The quantitative estimate of drug-likeness (QED) is 0.561. The Bertz CT molecular complexity index is 891.